The molecular weight excluding hydrogens is 302 g/mol. The second-order valence-corrected chi connectivity index (χ2v) is 5.17. The molecule has 1 fully saturated rings. The smallest absolute Gasteiger partial charge is 0.328 e. The molecule has 0 aliphatic carbocycles. The number of carbonyl (C=O) groups is 3. The number of methoxy groups -OCH3 is 1. The van der Waals surface area contributed by atoms with Crippen molar-refractivity contribution in [3.05, 3.63) is 29.8 Å². The van der Waals surface area contributed by atoms with E-state index in [2.05, 4.69) is 0 Å². The van der Waals surface area contributed by atoms with Crippen LogP contribution in [0, 0.1) is 0 Å². The fourth-order valence-corrected chi connectivity index (χ4v) is 2.39. The van der Waals surface area contributed by atoms with Gasteiger partial charge in [0.25, 0.3) is 0 Å². The third kappa shape index (κ3) is 4.29. The number of carboxylic acids is 1. The van der Waals surface area contributed by atoms with Crippen molar-refractivity contribution in [3.63, 3.8) is 0 Å². The molecule has 7 heteroatoms. The highest BCUT2D eigenvalue weighted by Gasteiger charge is 2.32. The van der Waals surface area contributed by atoms with Crippen LogP contribution in [-0.4, -0.2) is 60.6 Å². The second kappa shape index (κ2) is 7.73. The number of carboxylic acid groups (broad SMARTS) is 1. The third-order valence-corrected chi connectivity index (χ3v) is 3.71. The van der Waals surface area contributed by atoms with Crippen molar-refractivity contribution >= 4 is 17.7 Å². The molecule has 1 N–H and O–H groups in total. The lowest BCUT2D eigenvalue weighted by molar-refractivity contribution is -0.158. The van der Waals surface area contributed by atoms with Crippen LogP contribution < -0.4 is 4.74 Å². The largest absolute Gasteiger partial charge is 0.497 e. The topological polar surface area (TPSA) is 93.1 Å². The van der Waals surface area contributed by atoms with Gasteiger partial charge < -0.3 is 19.5 Å². The van der Waals surface area contributed by atoms with E-state index in [4.69, 9.17) is 14.6 Å². The predicted octanol–water partition coefficient (Wildman–Crippen LogP) is 0.970. The van der Waals surface area contributed by atoms with E-state index in [0.29, 0.717) is 17.9 Å². The zero-order valence-electron chi connectivity index (χ0n) is 12.9. The molecule has 0 spiro atoms. The summed E-state index contributed by atoms with van der Waals surface area (Å²) < 4.78 is 10.1. The molecule has 0 radical (unpaired) electrons. The van der Waals surface area contributed by atoms with Crippen LogP contribution in [0.5, 0.6) is 5.75 Å². The average molecular weight is 321 g/mol. The fraction of sp³-hybridized carbons (Fsp3) is 0.438. The first kappa shape index (κ1) is 17.0. The number of aliphatic carboxylic acids is 1. The first-order chi connectivity index (χ1) is 11.0. The number of ether oxygens (including phenoxy) is 2. The van der Waals surface area contributed by atoms with Crippen LogP contribution in [0.2, 0.25) is 0 Å². The van der Waals surface area contributed by atoms with Crippen LogP contribution in [0.3, 0.4) is 0 Å². The second-order valence-electron chi connectivity index (χ2n) is 5.17. The van der Waals surface area contributed by atoms with Crippen molar-refractivity contribution in [2.24, 2.45) is 0 Å². The van der Waals surface area contributed by atoms with E-state index in [-0.39, 0.29) is 37.7 Å². The lowest BCUT2D eigenvalue weighted by Crippen LogP contribution is -2.52. The standard InChI is InChI=1S/C16H19NO6/c1-22-12-4-2-11(3-5-12)14(18)6-7-15(19)17-8-9-23-10-13(17)16(20)21/h2-5,13H,6-10H2,1H3,(H,20,21). The lowest BCUT2D eigenvalue weighted by Gasteiger charge is -2.32. The Bertz CT molecular complexity index is 583. The number of hydrogen-bond acceptors (Lipinski definition) is 5. The highest BCUT2D eigenvalue weighted by Crippen LogP contribution is 2.15. The Hall–Kier alpha value is -2.41. The molecule has 1 atom stereocenters. The highest BCUT2D eigenvalue weighted by atomic mass is 16.5. The molecule has 124 valence electrons. The Morgan fingerprint density at radius 1 is 1.26 bits per heavy atom. The van der Waals surface area contributed by atoms with Gasteiger partial charge in [0, 0.05) is 24.9 Å². The highest BCUT2D eigenvalue weighted by molar-refractivity contribution is 5.98. The normalized spacial score (nSPS) is 17.6. The Morgan fingerprint density at radius 2 is 1.96 bits per heavy atom. The van der Waals surface area contributed by atoms with E-state index in [0.717, 1.165) is 0 Å². The van der Waals surface area contributed by atoms with E-state index in [9.17, 15) is 14.4 Å². The van der Waals surface area contributed by atoms with Gasteiger partial charge in [0.2, 0.25) is 5.91 Å². The summed E-state index contributed by atoms with van der Waals surface area (Å²) in [6.07, 6.45) is 0.0174. The van der Waals surface area contributed by atoms with Crippen molar-refractivity contribution < 1.29 is 29.0 Å². The van der Waals surface area contributed by atoms with Gasteiger partial charge in [-0.15, -0.1) is 0 Å². The molecule has 1 unspecified atom stereocenters. The van der Waals surface area contributed by atoms with Crippen LogP contribution in [-0.2, 0) is 14.3 Å². The maximum atomic E-state index is 12.2. The SMILES string of the molecule is COc1ccc(C(=O)CCC(=O)N2CCOCC2C(=O)O)cc1. The lowest BCUT2D eigenvalue weighted by atomic mass is 10.1. The van der Waals surface area contributed by atoms with Crippen LogP contribution >= 0.6 is 0 Å². The number of carbonyl (C=O) groups excluding carboxylic acids is 2. The minimum Gasteiger partial charge on any atom is -0.497 e. The number of benzene rings is 1. The zero-order valence-corrected chi connectivity index (χ0v) is 12.9. The van der Waals surface area contributed by atoms with Gasteiger partial charge in [0.05, 0.1) is 20.3 Å². The van der Waals surface area contributed by atoms with E-state index in [1.807, 2.05) is 0 Å². The van der Waals surface area contributed by atoms with E-state index in [1.54, 1.807) is 24.3 Å². The van der Waals surface area contributed by atoms with Crippen molar-refractivity contribution in [1.29, 1.82) is 0 Å². The number of Topliss-reactive ketones (excluding diaryl/α,β-unsaturated/α-hetero) is 1. The molecule has 1 heterocycles. The zero-order chi connectivity index (χ0) is 16.8. The Labute approximate surface area is 133 Å². The van der Waals surface area contributed by atoms with Gasteiger partial charge in [-0.2, -0.15) is 0 Å². The van der Waals surface area contributed by atoms with Crippen LogP contribution in [0.4, 0.5) is 0 Å². The molecule has 1 aliphatic rings. The molecule has 2 rings (SSSR count). The molecule has 23 heavy (non-hydrogen) atoms. The average Bonchev–Trinajstić information content (AvgIpc) is 2.59. The monoisotopic (exact) mass is 321 g/mol. The third-order valence-electron chi connectivity index (χ3n) is 3.71. The molecule has 0 saturated carbocycles. The van der Waals surface area contributed by atoms with Crippen molar-refractivity contribution in [2.45, 2.75) is 18.9 Å². The summed E-state index contributed by atoms with van der Waals surface area (Å²) in [5, 5.41) is 9.11. The quantitative estimate of drug-likeness (QED) is 0.785. The number of hydrogen-bond donors (Lipinski definition) is 1. The van der Waals surface area contributed by atoms with Gasteiger partial charge in [-0.25, -0.2) is 4.79 Å². The molecule has 0 aromatic heterocycles. The van der Waals surface area contributed by atoms with Crippen molar-refractivity contribution in [1.82, 2.24) is 4.90 Å². The maximum absolute atomic E-state index is 12.2. The van der Waals surface area contributed by atoms with E-state index >= 15 is 0 Å². The first-order valence-corrected chi connectivity index (χ1v) is 7.30. The van der Waals surface area contributed by atoms with E-state index < -0.39 is 12.0 Å². The minimum absolute atomic E-state index is 0.0192. The molecule has 1 amide bonds. The Morgan fingerprint density at radius 3 is 2.57 bits per heavy atom. The number of ketones is 1. The van der Waals surface area contributed by atoms with Gasteiger partial charge in [-0.3, -0.25) is 9.59 Å². The van der Waals surface area contributed by atoms with Crippen LogP contribution in [0.25, 0.3) is 0 Å². The molecule has 1 aromatic rings. The summed E-state index contributed by atoms with van der Waals surface area (Å²) in [7, 11) is 1.54. The number of rotatable bonds is 6. The number of amides is 1. The molecule has 7 nitrogen and oxygen atoms in total. The Kier molecular flexibility index (Phi) is 5.70. The molecule has 1 aromatic carbocycles. The summed E-state index contributed by atoms with van der Waals surface area (Å²) in [5.41, 5.74) is 0.496. The predicted molar refractivity (Wildman–Crippen MR) is 80.5 cm³/mol. The number of morpholine rings is 1. The number of nitrogens with zero attached hydrogens (tertiary/aromatic N) is 1. The molecular formula is C16H19NO6. The Balaban J connectivity index is 1.92. The van der Waals surface area contributed by atoms with Crippen LogP contribution in [0.1, 0.15) is 23.2 Å². The summed E-state index contributed by atoms with van der Waals surface area (Å²) in [6.45, 7) is 0.516. The van der Waals surface area contributed by atoms with Gasteiger partial charge in [-0.05, 0) is 24.3 Å². The minimum atomic E-state index is -1.10. The van der Waals surface area contributed by atoms with E-state index in [1.165, 1.54) is 12.0 Å². The summed E-state index contributed by atoms with van der Waals surface area (Å²) in [4.78, 5) is 36.7. The fourth-order valence-electron chi connectivity index (χ4n) is 2.39. The molecule has 1 saturated heterocycles. The van der Waals surface area contributed by atoms with Crippen LogP contribution in [0.15, 0.2) is 24.3 Å². The summed E-state index contributed by atoms with van der Waals surface area (Å²) in [5.74, 6) is -0.960. The van der Waals surface area contributed by atoms with Gasteiger partial charge in [-0.1, -0.05) is 0 Å². The summed E-state index contributed by atoms with van der Waals surface area (Å²) >= 11 is 0. The maximum Gasteiger partial charge on any atom is 0.328 e. The summed E-state index contributed by atoms with van der Waals surface area (Å²) in [6, 6.07) is 5.66. The molecule has 1 aliphatic heterocycles. The van der Waals surface area contributed by atoms with Gasteiger partial charge in [0.1, 0.15) is 5.75 Å². The molecule has 0 bridgehead atoms. The van der Waals surface area contributed by atoms with Gasteiger partial charge >= 0.3 is 5.97 Å². The van der Waals surface area contributed by atoms with Gasteiger partial charge in [0.15, 0.2) is 11.8 Å². The van der Waals surface area contributed by atoms with Crippen molar-refractivity contribution in [2.75, 3.05) is 26.9 Å². The van der Waals surface area contributed by atoms with Crippen molar-refractivity contribution in [3.8, 4) is 5.75 Å². The first-order valence-electron chi connectivity index (χ1n) is 7.30.